The normalized spacial score (nSPS) is 13.1. The average molecular weight is 493 g/mol. The van der Waals surface area contributed by atoms with Crippen LogP contribution in [-0.2, 0) is 9.47 Å². The first-order chi connectivity index (χ1) is 17.6. The highest BCUT2D eigenvalue weighted by Gasteiger charge is 2.27. The fraction of sp³-hybridized carbons (Fsp3) is 0.320. The van der Waals surface area contributed by atoms with Crippen LogP contribution < -0.4 is 20.3 Å². The van der Waals surface area contributed by atoms with Crippen LogP contribution in [0.25, 0.3) is 11.4 Å². The maximum atomic E-state index is 12.8. The van der Waals surface area contributed by atoms with Crippen molar-refractivity contribution in [2.75, 3.05) is 55.1 Å². The van der Waals surface area contributed by atoms with Gasteiger partial charge in [-0.05, 0) is 38.1 Å². The number of carbonyl (C=O) groups is 2. The predicted molar refractivity (Wildman–Crippen MR) is 135 cm³/mol. The molecule has 1 aliphatic rings. The molecule has 4 rings (SSSR count). The first kappa shape index (κ1) is 24.9. The van der Waals surface area contributed by atoms with Crippen LogP contribution in [0.4, 0.5) is 22.1 Å². The summed E-state index contributed by atoms with van der Waals surface area (Å²) >= 11 is 0. The van der Waals surface area contributed by atoms with Crippen molar-refractivity contribution in [2.45, 2.75) is 13.8 Å². The number of ether oxygens (including phenoxy) is 3. The number of carbonyl (C=O) groups excluding carboxylic acids is 2. The molecule has 0 atom stereocenters. The molecule has 0 saturated carbocycles. The molecule has 0 radical (unpaired) electrons. The zero-order chi connectivity index (χ0) is 25.3. The Kier molecular flexibility index (Phi) is 8.24. The third-order valence-electron chi connectivity index (χ3n) is 5.21. The minimum absolute atomic E-state index is 0.0506. The van der Waals surface area contributed by atoms with Gasteiger partial charge in [-0.15, -0.1) is 0 Å². The van der Waals surface area contributed by atoms with Gasteiger partial charge in [-0.2, -0.15) is 0 Å². The van der Waals surface area contributed by atoms with Crippen LogP contribution >= 0.6 is 0 Å². The highest BCUT2D eigenvalue weighted by atomic mass is 16.5. The Morgan fingerprint density at radius 3 is 2.44 bits per heavy atom. The van der Waals surface area contributed by atoms with Gasteiger partial charge in [-0.25, -0.2) is 24.5 Å². The molecule has 1 aliphatic heterocycles. The summed E-state index contributed by atoms with van der Waals surface area (Å²) in [7, 11) is 0. The number of esters is 1. The van der Waals surface area contributed by atoms with Crippen LogP contribution in [-0.4, -0.2) is 66.5 Å². The molecule has 3 heterocycles. The lowest BCUT2D eigenvalue weighted by Gasteiger charge is -2.29. The highest BCUT2D eigenvalue weighted by Crippen LogP contribution is 2.33. The van der Waals surface area contributed by atoms with Crippen molar-refractivity contribution < 1.29 is 23.8 Å². The molecule has 0 spiro atoms. The fourth-order valence-corrected chi connectivity index (χ4v) is 3.57. The fourth-order valence-electron chi connectivity index (χ4n) is 3.57. The monoisotopic (exact) mass is 492 g/mol. The van der Waals surface area contributed by atoms with Crippen LogP contribution in [0.1, 0.15) is 24.3 Å². The number of benzene rings is 1. The molecule has 11 nitrogen and oxygen atoms in total. The van der Waals surface area contributed by atoms with E-state index in [1.165, 1.54) is 6.20 Å². The molecule has 2 aromatic heterocycles. The number of aromatic nitrogens is 3. The Morgan fingerprint density at radius 1 is 1.00 bits per heavy atom. The number of anilines is 3. The molecular weight excluding hydrogens is 464 g/mol. The lowest BCUT2D eigenvalue weighted by atomic mass is 10.2. The second kappa shape index (κ2) is 11.9. The Bertz CT molecular complexity index is 1180. The summed E-state index contributed by atoms with van der Waals surface area (Å²) in [5.41, 5.74) is 1.28. The third kappa shape index (κ3) is 6.05. The minimum atomic E-state index is -0.595. The van der Waals surface area contributed by atoms with Gasteiger partial charge in [0.1, 0.15) is 5.82 Å². The molecule has 0 aliphatic carbocycles. The molecular formula is C25H28N6O5. The van der Waals surface area contributed by atoms with E-state index in [2.05, 4.69) is 20.6 Å². The molecule has 2 amide bonds. The van der Waals surface area contributed by atoms with Crippen LogP contribution in [0, 0.1) is 0 Å². The number of morpholine rings is 1. The Morgan fingerprint density at radius 2 is 1.78 bits per heavy atom. The van der Waals surface area contributed by atoms with Gasteiger partial charge in [0.2, 0.25) is 0 Å². The van der Waals surface area contributed by atoms with Crippen LogP contribution in [0.5, 0.6) is 5.75 Å². The standard InChI is InChI=1S/C25H28N6O5/c1-3-35-21-20(24(32)36-4-2)29-22(30-23(21)31-12-14-34-15-13-31)17-10-11-19(26-16-17)28-25(33)27-18-8-6-5-7-9-18/h5-11,16H,3-4,12-15H2,1-2H3,(H2,26,27,28,33). The van der Waals surface area contributed by atoms with E-state index in [0.717, 1.165) is 0 Å². The Hall–Kier alpha value is -4.25. The van der Waals surface area contributed by atoms with Crippen molar-refractivity contribution in [3.8, 4) is 17.1 Å². The van der Waals surface area contributed by atoms with E-state index in [4.69, 9.17) is 19.2 Å². The van der Waals surface area contributed by atoms with Gasteiger partial charge in [-0.3, -0.25) is 5.32 Å². The summed E-state index contributed by atoms with van der Waals surface area (Å²) in [6.45, 7) is 6.34. The number of hydrogen-bond acceptors (Lipinski definition) is 9. The minimum Gasteiger partial charge on any atom is -0.488 e. The van der Waals surface area contributed by atoms with Crippen molar-refractivity contribution in [3.63, 3.8) is 0 Å². The maximum Gasteiger partial charge on any atom is 0.361 e. The maximum absolute atomic E-state index is 12.8. The number of hydrogen-bond donors (Lipinski definition) is 2. The van der Waals surface area contributed by atoms with Gasteiger partial charge in [0.25, 0.3) is 0 Å². The molecule has 2 N–H and O–H groups in total. The summed E-state index contributed by atoms with van der Waals surface area (Å²) < 4.78 is 16.5. The van der Waals surface area contributed by atoms with Gasteiger partial charge >= 0.3 is 12.0 Å². The largest absolute Gasteiger partial charge is 0.488 e. The number of pyridine rings is 1. The number of rotatable bonds is 8. The molecule has 3 aromatic rings. The van der Waals surface area contributed by atoms with Gasteiger partial charge in [-0.1, -0.05) is 18.2 Å². The number of para-hydroxylation sites is 1. The summed E-state index contributed by atoms with van der Waals surface area (Å²) in [4.78, 5) is 40.6. The second-order valence-corrected chi connectivity index (χ2v) is 7.68. The van der Waals surface area contributed by atoms with Crippen molar-refractivity contribution in [2.24, 2.45) is 0 Å². The Labute approximate surface area is 208 Å². The van der Waals surface area contributed by atoms with E-state index in [1.54, 1.807) is 31.2 Å². The van der Waals surface area contributed by atoms with E-state index >= 15 is 0 Å². The van der Waals surface area contributed by atoms with Crippen LogP contribution in [0.2, 0.25) is 0 Å². The molecule has 1 fully saturated rings. The van der Waals surface area contributed by atoms with E-state index < -0.39 is 12.0 Å². The zero-order valence-corrected chi connectivity index (χ0v) is 20.2. The SMILES string of the molecule is CCOC(=O)c1nc(-c2ccc(NC(=O)Nc3ccccc3)nc2)nc(N2CCOCC2)c1OCC. The van der Waals surface area contributed by atoms with Gasteiger partial charge < -0.3 is 24.4 Å². The topological polar surface area (TPSA) is 128 Å². The van der Waals surface area contributed by atoms with E-state index in [0.29, 0.717) is 55.8 Å². The first-order valence-corrected chi connectivity index (χ1v) is 11.7. The number of nitrogens with one attached hydrogen (secondary N) is 2. The smallest absolute Gasteiger partial charge is 0.361 e. The quantitative estimate of drug-likeness (QED) is 0.453. The van der Waals surface area contributed by atoms with E-state index in [-0.39, 0.29) is 23.9 Å². The number of nitrogens with zero attached hydrogens (tertiary/aromatic N) is 4. The van der Waals surface area contributed by atoms with Crippen LogP contribution in [0.15, 0.2) is 48.7 Å². The van der Waals surface area contributed by atoms with Gasteiger partial charge in [0, 0.05) is 30.5 Å². The molecule has 0 unspecified atom stereocenters. The molecule has 1 saturated heterocycles. The summed E-state index contributed by atoms with van der Waals surface area (Å²) in [6, 6.07) is 12.0. The van der Waals surface area contributed by atoms with Crippen molar-refractivity contribution in [1.82, 2.24) is 15.0 Å². The Balaban J connectivity index is 1.62. The second-order valence-electron chi connectivity index (χ2n) is 7.68. The van der Waals surface area contributed by atoms with Crippen molar-refractivity contribution in [3.05, 3.63) is 54.4 Å². The molecule has 36 heavy (non-hydrogen) atoms. The number of amides is 2. The van der Waals surface area contributed by atoms with E-state index in [9.17, 15) is 9.59 Å². The average Bonchev–Trinajstić information content (AvgIpc) is 2.90. The summed E-state index contributed by atoms with van der Waals surface area (Å²) in [5, 5.41) is 5.42. The zero-order valence-electron chi connectivity index (χ0n) is 20.2. The van der Waals surface area contributed by atoms with Gasteiger partial charge in [0.15, 0.2) is 23.1 Å². The first-order valence-electron chi connectivity index (χ1n) is 11.7. The van der Waals surface area contributed by atoms with E-state index in [1.807, 2.05) is 30.0 Å². The molecule has 11 heteroatoms. The summed E-state index contributed by atoms with van der Waals surface area (Å²) in [5.74, 6) is 0.818. The molecule has 188 valence electrons. The highest BCUT2D eigenvalue weighted by molar-refractivity contribution is 5.99. The summed E-state index contributed by atoms with van der Waals surface area (Å²) in [6.07, 6.45) is 1.53. The number of urea groups is 1. The van der Waals surface area contributed by atoms with Crippen molar-refractivity contribution >= 4 is 29.3 Å². The van der Waals surface area contributed by atoms with Crippen molar-refractivity contribution in [1.29, 1.82) is 0 Å². The molecule has 1 aromatic carbocycles. The third-order valence-corrected chi connectivity index (χ3v) is 5.21. The predicted octanol–water partition coefficient (Wildman–Crippen LogP) is 3.59. The lowest BCUT2D eigenvalue weighted by Crippen LogP contribution is -2.37. The molecule has 0 bridgehead atoms. The lowest BCUT2D eigenvalue weighted by molar-refractivity contribution is 0.0514. The van der Waals surface area contributed by atoms with Crippen LogP contribution in [0.3, 0.4) is 0 Å². The van der Waals surface area contributed by atoms with Gasteiger partial charge in [0.05, 0.1) is 26.4 Å².